The number of rotatable bonds is 6. The van der Waals surface area contributed by atoms with Gasteiger partial charge in [-0.15, -0.1) is 0 Å². The highest BCUT2D eigenvalue weighted by atomic mass is 32.2. The molecule has 2 rings (SSSR count). The van der Waals surface area contributed by atoms with Crippen molar-refractivity contribution in [3.05, 3.63) is 23.8 Å². The lowest BCUT2D eigenvalue weighted by Gasteiger charge is -2.34. The third kappa shape index (κ3) is 5.85. The second-order valence-electron chi connectivity index (χ2n) is 8.11. The number of likely N-dealkylation sites (tertiary alicyclic amines) is 1. The van der Waals surface area contributed by atoms with Crippen LogP contribution in [0.3, 0.4) is 0 Å². The van der Waals surface area contributed by atoms with Crippen molar-refractivity contribution in [1.29, 1.82) is 0 Å². The molecule has 1 aromatic carbocycles. The van der Waals surface area contributed by atoms with Crippen LogP contribution in [-0.4, -0.2) is 58.9 Å². The topological polar surface area (TPSA) is 111 Å². The van der Waals surface area contributed by atoms with Gasteiger partial charge in [0.15, 0.2) is 0 Å². The van der Waals surface area contributed by atoms with E-state index < -0.39 is 33.8 Å². The monoisotopic (exact) mass is 442 g/mol. The van der Waals surface area contributed by atoms with Gasteiger partial charge in [-0.2, -0.15) is 0 Å². The van der Waals surface area contributed by atoms with E-state index in [0.29, 0.717) is 13.1 Å². The van der Waals surface area contributed by atoms with Crippen LogP contribution in [0.2, 0.25) is 0 Å². The van der Waals surface area contributed by atoms with Gasteiger partial charge in [0, 0.05) is 18.5 Å². The maximum absolute atomic E-state index is 12.6. The lowest BCUT2D eigenvalue weighted by molar-refractivity contribution is -0.110. The zero-order chi connectivity index (χ0) is 22.5. The van der Waals surface area contributed by atoms with Crippen LogP contribution in [0.1, 0.15) is 50.4 Å². The summed E-state index contributed by atoms with van der Waals surface area (Å²) in [6.45, 7) is 6.68. The molecular weight excluding hydrogens is 412 g/mol. The van der Waals surface area contributed by atoms with Gasteiger partial charge in [0.25, 0.3) is 6.29 Å². The summed E-state index contributed by atoms with van der Waals surface area (Å²) < 4.78 is 43.4. The Balaban J connectivity index is 2.36. The van der Waals surface area contributed by atoms with Crippen LogP contribution in [0, 0.1) is 5.41 Å². The molecule has 0 bridgehead atoms. The van der Waals surface area contributed by atoms with E-state index in [2.05, 4.69) is 9.46 Å². The molecular formula is C20H30N2O7S. The number of sulfonamides is 1. The van der Waals surface area contributed by atoms with E-state index >= 15 is 0 Å². The molecule has 1 amide bonds. The van der Waals surface area contributed by atoms with Crippen LogP contribution >= 0.6 is 0 Å². The molecule has 168 valence electrons. The number of ether oxygens (including phenoxy) is 3. The lowest BCUT2D eigenvalue weighted by Crippen LogP contribution is -2.43. The molecule has 10 heteroatoms. The summed E-state index contributed by atoms with van der Waals surface area (Å²) in [6, 6.07) is 3.91. The summed E-state index contributed by atoms with van der Waals surface area (Å²) in [5.74, 6) is -0.721. The first kappa shape index (κ1) is 23.9. The van der Waals surface area contributed by atoms with Gasteiger partial charge < -0.3 is 19.1 Å². The Morgan fingerprint density at radius 2 is 1.77 bits per heavy atom. The molecule has 1 N–H and O–H groups in total. The van der Waals surface area contributed by atoms with Gasteiger partial charge in [0.05, 0.1) is 12.7 Å². The maximum Gasteiger partial charge on any atom is 0.412 e. The number of esters is 1. The van der Waals surface area contributed by atoms with Crippen LogP contribution in [0.5, 0.6) is 5.75 Å². The Hall–Kier alpha value is -2.33. The van der Waals surface area contributed by atoms with Gasteiger partial charge in [0.1, 0.15) is 10.6 Å². The molecule has 0 radical (unpaired) electrons. The summed E-state index contributed by atoms with van der Waals surface area (Å²) >= 11 is 0. The van der Waals surface area contributed by atoms with Gasteiger partial charge >= 0.3 is 12.1 Å². The van der Waals surface area contributed by atoms with Crippen molar-refractivity contribution in [3.63, 3.8) is 0 Å². The number of carbonyl (C=O) groups is 2. The van der Waals surface area contributed by atoms with Crippen LogP contribution in [0.4, 0.5) is 4.79 Å². The number of nitrogens with zero attached hydrogens (tertiary/aromatic N) is 1. The fraction of sp³-hybridized carbons (Fsp3) is 0.600. The molecule has 0 spiro atoms. The van der Waals surface area contributed by atoms with E-state index in [1.807, 2.05) is 20.8 Å². The third-order valence-corrected chi connectivity index (χ3v) is 6.12. The molecule has 1 atom stereocenters. The van der Waals surface area contributed by atoms with E-state index in [-0.39, 0.29) is 16.2 Å². The Morgan fingerprint density at radius 1 is 1.13 bits per heavy atom. The van der Waals surface area contributed by atoms with Crippen LogP contribution < -0.4 is 9.46 Å². The molecule has 1 saturated heterocycles. The normalized spacial score (nSPS) is 16.0. The molecule has 1 aliphatic heterocycles. The molecule has 0 saturated carbocycles. The highest BCUT2D eigenvalue weighted by Gasteiger charge is 2.34. The van der Waals surface area contributed by atoms with Gasteiger partial charge in [-0.25, -0.2) is 22.7 Å². The first-order chi connectivity index (χ1) is 14.0. The summed E-state index contributed by atoms with van der Waals surface area (Å²) in [5, 5.41) is 0. The van der Waals surface area contributed by atoms with Gasteiger partial charge in [-0.05, 0) is 44.5 Å². The number of benzene rings is 1. The Kier molecular flexibility index (Phi) is 7.70. The minimum Gasteiger partial charge on any atom is -0.465 e. The number of hydrogen-bond acceptors (Lipinski definition) is 7. The van der Waals surface area contributed by atoms with Crippen molar-refractivity contribution in [2.45, 2.75) is 51.2 Å². The molecule has 0 aliphatic carbocycles. The quantitative estimate of drug-likeness (QED) is 0.533. The predicted octanol–water partition coefficient (Wildman–Crippen LogP) is 2.75. The molecule has 1 unspecified atom stereocenters. The van der Waals surface area contributed by atoms with E-state index in [1.165, 1.54) is 32.4 Å². The van der Waals surface area contributed by atoms with Crippen molar-refractivity contribution in [2.75, 3.05) is 27.2 Å². The summed E-state index contributed by atoms with van der Waals surface area (Å²) in [5.41, 5.74) is -0.594. The smallest absolute Gasteiger partial charge is 0.412 e. The number of amides is 1. The van der Waals surface area contributed by atoms with Crippen molar-refractivity contribution in [2.24, 2.45) is 5.41 Å². The van der Waals surface area contributed by atoms with Crippen molar-refractivity contribution >= 4 is 22.1 Å². The lowest BCUT2D eigenvalue weighted by atomic mass is 9.96. The number of methoxy groups -OCH3 is 1. The highest BCUT2D eigenvalue weighted by Crippen LogP contribution is 2.32. The minimum absolute atomic E-state index is 0.0385. The van der Waals surface area contributed by atoms with Crippen LogP contribution in [-0.2, 0) is 19.5 Å². The molecule has 0 aromatic heterocycles. The molecule has 1 fully saturated rings. The van der Waals surface area contributed by atoms with E-state index in [1.54, 1.807) is 4.90 Å². The van der Waals surface area contributed by atoms with Gasteiger partial charge in [-0.1, -0.05) is 20.8 Å². The first-order valence-corrected chi connectivity index (χ1v) is 11.3. The summed E-state index contributed by atoms with van der Waals surface area (Å²) in [4.78, 5) is 25.8. The second-order valence-corrected chi connectivity index (χ2v) is 9.96. The van der Waals surface area contributed by atoms with Crippen LogP contribution in [0.25, 0.3) is 0 Å². The average molecular weight is 443 g/mol. The number of hydrogen-bond donors (Lipinski definition) is 1. The molecule has 9 nitrogen and oxygen atoms in total. The molecule has 1 aliphatic rings. The van der Waals surface area contributed by atoms with Crippen molar-refractivity contribution < 1.29 is 32.2 Å². The SMILES string of the molecule is CNS(=O)(=O)c1cc(C(=O)OC)ccc1OC(OC(=O)N1CCCCC1)C(C)(C)C. The zero-order valence-corrected chi connectivity index (χ0v) is 18.9. The highest BCUT2D eigenvalue weighted by molar-refractivity contribution is 7.89. The van der Waals surface area contributed by atoms with E-state index in [0.717, 1.165) is 19.3 Å². The van der Waals surface area contributed by atoms with Crippen LogP contribution in [0.15, 0.2) is 23.1 Å². The number of piperidine rings is 1. The first-order valence-electron chi connectivity index (χ1n) is 9.77. The second kappa shape index (κ2) is 9.65. The summed E-state index contributed by atoms with van der Waals surface area (Å²) in [6.07, 6.45) is 1.34. The van der Waals surface area contributed by atoms with Crippen molar-refractivity contribution in [1.82, 2.24) is 9.62 Å². The number of carbonyl (C=O) groups excluding carboxylic acids is 2. The summed E-state index contributed by atoms with van der Waals surface area (Å²) in [7, 11) is -1.51. The maximum atomic E-state index is 12.6. The van der Waals surface area contributed by atoms with E-state index in [4.69, 9.17) is 9.47 Å². The zero-order valence-electron chi connectivity index (χ0n) is 18.1. The Bertz CT molecular complexity index is 872. The molecule has 30 heavy (non-hydrogen) atoms. The molecule has 1 heterocycles. The van der Waals surface area contributed by atoms with Crippen molar-refractivity contribution in [3.8, 4) is 5.75 Å². The predicted molar refractivity (Wildman–Crippen MR) is 110 cm³/mol. The Labute approximate surface area is 177 Å². The van der Waals surface area contributed by atoms with Gasteiger partial charge in [-0.3, -0.25) is 0 Å². The molecule has 1 aromatic rings. The Morgan fingerprint density at radius 3 is 2.30 bits per heavy atom. The standard InChI is InChI=1S/C20H30N2O7S/c1-20(2,3)18(29-19(24)22-11-7-6-8-12-22)28-15-10-9-14(17(23)27-5)13-16(15)30(25,26)21-4/h9-10,13,18,21H,6-8,11-12H2,1-5H3. The average Bonchev–Trinajstić information content (AvgIpc) is 2.72. The van der Waals surface area contributed by atoms with E-state index in [9.17, 15) is 18.0 Å². The number of nitrogens with one attached hydrogen (secondary N) is 1. The largest absolute Gasteiger partial charge is 0.465 e. The fourth-order valence-electron chi connectivity index (χ4n) is 2.91. The third-order valence-electron chi connectivity index (χ3n) is 4.69. The van der Waals surface area contributed by atoms with Gasteiger partial charge in [0.2, 0.25) is 10.0 Å². The fourth-order valence-corrected chi connectivity index (χ4v) is 3.79. The minimum atomic E-state index is -3.97.